The molecule has 0 spiro atoms. The Morgan fingerprint density at radius 2 is 2.00 bits per heavy atom. The molecule has 0 saturated heterocycles. The predicted octanol–water partition coefficient (Wildman–Crippen LogP) is 2.95. The van der Waals surface area contributed by atoms with Crippen molar-refractivity contribution in [2.75, 3.05) is 25.0 Å². The molecule has 0 radical (unpaired) electrons. The Hall–Kier alpha value is -1.97. The lowest BCUT2D eigenvalue weighted by molar-refractivity contribution is 0.0964. The van der Waals surface area contributed by atoms with Crippen LogP contribution in [-0.2, 0) is 0 Å². The molecule has 2 rings (SSSR count). The molecule has 0 fully saturated rings. The van der Waals surface area contributed by atoms with E-state index < -0.39 is 0 Å². The van der Waals surface area contributed by atoms with Gasteiger partial charge < -0.3 is 14.6 Å². The minimum absolute atomic E-state index is 0.120. The number of carbonyl (C=O) groups excluding carboxylic acids is 1. The normalized spacial score (nSPS) is 10.7. The molecule has 0 aliphatic carbocycles. The number of anilines is 1. The van der Waals surface area contributed by atoms with Gasteiger partial charge in [-0.1, -0.05) is 0 Å². The van der Waals surface area contributed by atoms with E-state index in [1.807, 2.05) is 25.1 Å². The van der Waals surface area contributed by atoms with Crippen LogP contribution in [0.25, 0.3) is 11.0 Å². The van der Waals surface area contributed by atoms with E-state index in [2.05, 4.69) is 24.1 Å². The highest BCUT2D eigenvalue weighted by Crippen LogP contribution is 2.32. The van der Waals surface area contributed by atoms with E-state index >= 15 is 0 Å². The van der Waals surface area contributed by atoms with Crippen LogP contribution in [0.15, 0.2) is 22.6 Å². The van der Waals surface area contributed by atoms with Gasteiger partial charge in [0.1, 0.15) is 11.3 Å². The summed E-state index contributed by atoms with van der Waals surface area (Å²) in [5.74, 6) is 0.699. The summed E-state index contributed by atoms with van der Waals surface area (Å²) < 4.78 is 5.71. The van der Waals surface area contributed by atoms with Crippen LogP contribution >= 0.6 is 0 Å². The molecule has 102 valence electrons. The first-order valence-electron chi connectivity index (χ1n) is 6.62. The van der Waals surface area contributed by atoms with Gasteiger partial charge in [0.2, 0.25) is 0 Å². The molecule has 4 heteroatoms. The largest absolute Gasteiger partial charge is 0.460 e. The van der Waals surface area contributed by atoms with Crippen molar-refractivity contribution in [1.29, 1.82) is 0 Å². The van der Waals surface area contributed by atoms with Gasteiger partial charge in [-0.15, -0.1) is 0 Å². The van der Waals surface area contributed by atoms with Crippen LogP contribution in [0.5, 0.6) is 0 Å². The number of hydrogen-bond donors (Lipinski definition) is 1. The monoisotopic (exact) mass is 260 g/mol. The second-order valence-electron chi connectivity index (χ2n) is 4.48. The second kappa shape index (κ2) is 5.34. The van der Waals surface area contributed by atoms with Crippen LogP contribution in [0.3, 0.4) is 0 Å². The van der Waals surface area contributed by atoms with E-state index in [0.29, 0.717) is 11.1 Å². The third kappa shape index (κ3) is 2.30. The maximum Gasteiger partial charge on any atom is 0.254 e. The molecule has 1 N–H and O–H groups in total. The molecule has 1 aromatic carbocycles. The predicted molar refractivity (Wildman–Crippen MR) is 77.9 cm³/mol. The summed E-state index contributed by atoms with van der Waals surface area (Å²) >= 11 is 0. The third-order valence-electron chi connectivity index (χ3n) is 3.36. The number of fused-ring (bicyclic) bond motifs is 1. The number of nitrogens with one attached hydrogen (secondary N) is 1. The highest BCUT2D eigenvalue weighted by Gasteiger charge is 2.17. The van der Waals surface area contributed by atoms with Crippen molar-refractivity contribution in [1.82, 2.24) is 5.32 Å². The molecule has 0 aliphatic heterocycles. The maximum atomic E-state index is 11.9. The summed E-state index contributed by atoms with van der Waals surface area (Å²) in [4.78, 5) is 14.1. The molecule has 2 aromatic rings. The first-order chi connectivity index (χ1) is 9.12. The number of nitrogens with zero attached hydrogens (tertiary/aromatic N) is 1. The summed E-state index contributed by atoms with van der Waals surface area (Å²) in [6.45, 7) is 7.99. The topological polar surface area (TPSA) is 45.5 Å². The summed E-state index contributed by atoms with van der Waals surface area (Å²) in [7, 11) is 1.63. The van der Waals surface area contributed by atoms with Gasteiger partial charge in [-0.25, -0.2) is 0 Å². The van der Waals surface area contributed by atoms with Gasteiger partial charge >= 0.3 is 0 Å². The van der Waals surface area contributed by atoms with Crippen molar-refractivity contribution in [3.05, 3.63) is 29.5 Å². The van der Waals surface area contributed by atoms with E-state index in [1.165, 1.54) is 0 Å². The first kappa shape index (κ1) is 13.5. The fourth-order valence-corrected chi connectivity index (χ4v) is 2.39. The Kier molecular flexibility index (Phi) is 3.79. The lowest BCUT2D eigenvalue weighted by atomic mass is 10.1. The Bertz CT molecular complexity index is 597. The van der Waals surface area contributed by atoms with Gasteiger partial charge in [-0.05, 0) is 39.0 Å². The smallest absolute Gasteiger partial charge is 0.254 e. The van der Waals surface area contributed by atoms with E-state index in [9.17, 15) is 4.79 Å². The fourth-order valence-electron chi connectivity index (χ4n) is 2.39. The molecule has 1 aromatic heterocycles. The van der Waals surface area contributed by atoms with Crippen molar-refractivity contribution < 1.29 is 9.21 Å². The Morgan fingerprint density at radius 3 is 2.58 bits per heavy atom. The van der Waals surface area contributed by atoms with Crippen molar-refractivity contribution in [3.63, 3.8) is 0 Å². The van der Waals surface area contributed by atoms with Crippen molar-refractivity contribution in [2.45, 2.75) is 20.8 Å². The third-order valence-corrected chi connectivity index (χ3v) is 3.36. The minimum Gasteiger partial charge on any atom is -0.460 e. The highest BCUT2D eigenvalue weighted by molar-refractivity contribution is 6.08. The lowest BCUT2D eigenvalue weighted by Gasteiger charge is -2.22. The first-order valence-corrected chi connectivity index (χ1v) is 6.62. The summed E-state index contributed by atoms with van der Waals surface area (Å²) in [5, 5.41) is 3.65. The Balaban J connectivity index is 2.67. The SMILES string of the molecule is CCN(CC)c1ccc(C(=O)NC)c2oc(C)cc12. The van der Waals surface area contributed by atoms with Gasteiger partial charge in [0, 0.05) is 31.2 Å². The van der Waals surface area contributed by atoms with Crippen LogP contribution in [0.4, 0.5) is 5.69 Å². The van der Waals surface area contributed by atoms with Crippen LogP contribution in [0.1, 0.15) is 30.0 Å². The number of aryl methyl sites for hydroxylation is 1. The van der Waals surface area contributed by atoms with E-state index in [0.717, 1.165) is 29.9 Å². The zero-order valence-corrected chi connectivity index (χ0v) is 11.9. The maximum absolute atomic E-state index is 11.9. The van der Waals surface area contributed by atoms with Crippen LogP contribution in [-0.4, -0.2) is 26.0 Å². The molecule has 0 saturated carbocycles. The Morgan fingerprint density at radius 1 is 1.32 bits per heavy atom. The van der Waals surface area contributed by atoms with E-state index in [-0.39, 0.29) is 5.91 Å². The average molecular weight is 260 g/mol. The average Bonchev–Trinajstić information content (AvgIpc) is 2.80. The van der Waals surface area contributed by atoms with Gasteiger partial charge in [0.15, 0.2) is 0 Å². The molecule has 0 bridgehead atoms. The summed E-state index contributed by atoms with van der Waals surface area (Å²) in [6.07, 6.45) is 0. The molecule has 1 amide bonds. The summed E-state index contributed by atoms with van der Waals surface area (Å²) in [5.41, 5.74) is 2.37. The number of amides is 1. The van der Waals surface area contributed by atoms with Crippen LogP contribution in [0, 0.1) is 6.92 Å². The van der Waals surface area contributed by atoms with Crippen LogP contribution < -0.4 is 10.2 Å². The summed E-state index contributed by atoms with van der Waals surface area (Å²) in [6, 6.07) is 5.82. The van der Waals surface area contributed by atoms with Crippen molar-refractivity contribution in [3.8, 4) is 0 Å². The molecule has 1 heterocycles. The van der Waals surface area contributed by atoms with Gasteiger partial charge in [0.05, 0.1) is 5.56 Å². The van der Waals surface area contributed by atoms with Crippen molar-refractivity contribution >= 4 is 22.6 Å². The molecule has 4 nitrogen and oxygen atoms in total. The molecule has 19 heavy (non-hydrogen) atoms. The standard InChI is InChI=1S/C15H20N2O2/c1-5-17(6-2)13-8-7-11(15(18)16-4)14-12(13)9-10(3)19-14/h7-9H,5-6H2,1-4H3,(H,16,18). The van der Waals surface area contributed by atoms with Gasteiger partial charge in [0.25, 0.3) is 5.91 Å². The number of hydrogen-bond acceptors (Lipinski definition) is 3. The zero-order chi connectivity index (χ0) is 14.0. The fraction of sp³-hybridized carbons (Fsp3) is 0.400. The quantitative estimate of drug-likeness (QED) is 0.919. The second-order valence-corrected chi connectivity index (χ2v) is 4.48. The number of carbonyl (C=O) groups is 1. The highest BCUT2D eigenvalue weighted by atomic mass is 16.3. The van der Waals surface area contributed by atoms with E-state index in [1.54, 1.807) is 7.05 Å². The zero-order valence-electron chi connectivity index (χ0n) is 11.9. The van der Waals surface area contributed by atoms with Gasteiger partial charge in [-0.3, -0.25) is 4.79 Å². The van der Waals surface area contributed by atoms with E-state index in [4.69, 9.17) is 4.42 Å². The molecular weight excluding hydrogens is 240 g/mol. The Labute approximate surface area is 113 Å². The molecule has 0 aliphatic rings. The van der Waals surface area contributed by atoms with Crippen molar-refractivity contribution in [2.24, 2.45) is 0 Å². The molecule has 0 unspecified atom stereocenters. The minimum atomic E-state index is -0.120. The number of rotatable bonds is 4. The molecular formula is C15H20N2O2. The lowest BCUT2D eigenvalue weighted by Crippen LogP contribution is -2.22. The van der Waals surface area contributed by atoms with Gasteiger partial charge in [-0.2, -0.15) is 0 Å². The number of furan rings is 1. The number of benzene rings is 1. The van der Waals surface area contributed by atoms with Crippen LogP contribution in [0.2, 0.25) is 0 Å². The molecule has 0 atom stereocenters.